The topological polar surface area (TPSA) is 59.8 Å². The smallest absolute Gasteiger partial charge is 0.338 e. The van der Waals surface area contributed by atoms with E-state index in [-0.39, 0.29) is 17.8 Å². The van der Waals surface area contributed by atoms with Crippen LogP contribution in [-0.2, 0) is 9.53 Å². The molecule has 0 unspecified atom stereocenters. The molecule has 0 spiro atoms. The Morgan fingerprint density at radius 1 is 0.964 bits per heavy atom. The van der Waals surface area contributed by atoms with Gasteiger partial charge in [-0.15, -0.1) is 0 Å². The van der Waals surface area contributed by atoms with Gasteiger partial charge in [0.25, 0.3) is 0 Å². The molecular weight excluding hydrogens is 352 g/mol. The van der Waals surface area contributed by atoms with E-state index >= 15 is 0 Å². The van der Waals surface area contributed by atoms with Gasteiger partial charge in [-0.3, -0.25) is 4.79 Å². The highest BCUT2D eigenvalue weighted by Crippen LogP contribution is 2.21. The molecule has 0 aliphatic rings. The lowest BCUT2D eigenvalue weighted by molar-refractivity contribution is -0.896. The van der Waals surface area contributed by atoms with E-state index in [4.69, 9.17) is 4.74 Å². The van der Waals surface area contributed by atoms with Gasteiger partial charge < -0.3 is 15.0 Å². The third kappa shape index (κ3) is 6.20. The maximum Gasteiger partial charge on any atom is 0.338 e. The Kier molecular flexibility index (Phi) is 8.69. The van der Waals surface area contributed by atoms with Crippen LogP contribution in [0, 0.1) is 0 Å². The van der Waals surface area contributed by atoms with E-state index in [1.807, 2.05) is 37.3 Å². The van der Waals surface area contributed by atoms with Crippen molar-refractivity contribution in [3.05, 3.63) is 65.7 Å². The average Bonchev–Trinajstić information content (AvgIpc) is 2.73. The first-order valence-corrected chi connectivity index (χ1v) is 10.1. The van der Waals surface area contributed by atoms with Crippen molar-refractivity contribution in [2.24, 2.45) is 0 Å². The highest BCUT2D eigenvalue weighted by atomic mass is 16.5. The molecule has 0 heterocycles. The number of hydrogen-bond donors (Lipinski definition) is 2. The van der Waals surface area contributed by atoms with E-state index in [1.54, 1.807) is 24.3 Å². The lowest BCUT2D eigenvalue weighted by atomic mass is 9.95. The molecule has 2 rings (SSSR count). The maximum atomic E-state index is 12.6. The molecule has 2 aromatic carbocycles. The first kappa shape index (κ1) is 21.6. The molecule has 2 N–H and O–H groups in total. The standard InChI is InChI=1S/C23H30N2O3/c1-4-21(18-10-8-7-9-11-18)22(26)24-20-14-12-19(13-15-20)23(27)28-17-16-25(5-2)6-3/h7-15,21H,4-6,16-17H2,1-3H3,(H,24,26)/p+1/t21-/m1/s1. The van der Waals surface area contributed by atoms with Crippen molar-refractivity contribution < 1.29 is 19.2 Å². The molecule has 0 saturated carbocycles. The Morgan fingerprint density at radius 2 is 1.61 bits per heavy atom. The van der Waals surface area contributed by atoms with Crippen LogP contribution in [0.2, 0.25) is 0 Å². The summed E-state index contributed by atoms with van der Waals surface area (Å²) in [5.41, 5.74) is 2.16. The van der Waals surface area contributed by atoms with Crippen LogP contribution < -0.4 is 10.2 Å². The highest BCUT2D eigenvalue weighted by Gasteiger charge is 2.18. The number of carbonyl (C=O) groups excluding carboxylic acids is 2. The van der Waals surface area contributed by atoms with Crippen LogP contribution in [0.5, 0.6) is 0 Å². The second kappa shape index (κ2) is 11.2. The molecule has 2 aromatic rings. The predicted octanol–water partition coefficient (Wildman–Crippen LogP) is 2.90. The number of esters is 1. The zero-order chi connectivity index (χ0) is 20.4. The van der Waals surface area contributed by atoms with Gasteiger partial charge in [0.1, 0.15) is 13.2 Å². The Balaban J connectivity index is 1.91. The van der Waals surface area contributed by atoms with Gasteiger partial charge in [-0.2, -0.15) is 0 Å². The van der Waals surface area contributed by atoms with Crippen molar-refractivity contribution in [2.45, 2.75) is 33.1 Å². The lowest BCUT2D eigenvalue weighted by Gasteiger charge is -2.16. The quantitative estimate of drug-likeness (QED) is 0.620. The third-order valence-electron chi connectivity index (χ3n) is 5.00. The van der Waals surface area contributed by atoms with E-state index < -0.39 is 0 Å². The van der Waals surface area contributed by atoms with Crippen molar-refractivity contribution in [2.75, 3.05) is 31.6 Å². The molecule has 0 aromatic heterocycles. The number of likely N-dealkylation sites (N-methyl/N-ethyl adjacent to an activating group) is 1. The molecule has 5 heteroatoms. The number of ether oxygens (including phenoxy) is 1. The molecule has 0 radical (unpaired) electrons. The first-order valence-electron chi connectivity index (χ1n) is 10.1. The number of nitrogens with one attached hydrogen (secondary N) is 2. The van der Waals surface area contributed by atoms with Gasteiger partial charge >= 0.3 is 5.97 Å². The van der Waals surface area contributed by atoms with Crippen LogP contribution in [0.4, 0.5) is 5.69 Å². The third-order valence-corrected chi connectivity index (χ3v) is 5.00. The summed E-state index contributed by atoms with van der Waals surface area (Å²) in [6.45, 7) is 9.49. The van der Waals surface area contributed by atoms with Crippen LogP contribution in [0.3, 0.4) is 0 Å². The molecular formula is C23H31N2O3+. The van der Waals surface area contributed by atoms with Gasteiger partial charge in [-0.05, 0) is 50.1 Å². The van der Waals surface area contributed by atoms with E-state index in [0.29, 0.717) is 17.9 Å². The van der Waals surface area contributed by atoms with Crippen LogP contribution in [-0.4, -0.2) is 38.1 Å². The predicted molar refractivity (Wildman–Crippen MR) is 112 cm³/mol. The minimum atomic E-state index is -0.333. The lowest BCUT2D eigenvalue weighted by Crippen LogP contribution is -3.11. The fourth-order valence-electron chi connectivity index (χ4n) is 3.15. The SMILES string of the molecule is CC[C@@H](C(=O)Nc1ccc(C(=O)OCC[NH+](CC)CC)cc1)c1ccccc1. The monoisotopic (exact) mass is 383 g/mol. The summed E-state index contributed by atoms with van der Waals surface area (Å²) in [5.74, 6) is -0.584. The number of benzene rings is 2. The van der Waals surface area contributed by atoms with Crippen LogP contribution >= 0.6 is 0 Å². The summed E-state index contributed by atoms with van der Waals surface area (Å²) in [4.78, 5) is 26.2. The normalized spacial score (nSPS) is 11.9. The van der Waals surface area contributed by atoms with Crippen molar-refractivity contribution in [1.82, 2.24) is 0 Å². The van der Waals surface area contributed by atoms with Gasteiger partial charge in [0.05, 0.1) is 24.6 Å². The summed E-state index contributed by atoms with van der Waals surface area (Å²) in [6, 6.07) is 16.6. The number of anilines is 1. The van der Waals surface area contributed by atoms with Crippen molar-refractivity contribution >= 4 is 17.6 Å². The minimum Gasteiger partial charge on any atom is -0.456 e. The molecule has 28 heavy (non-hydrogen) atoms. The number of hydrogen-bond acceptors (Lipinski definition) is 3. The fourth-order valence-corrected chi connectivity index (χ4v) is 3.15. The second-order valence-corrected chi connectivity index (χ2v) is 6.78. The number of quaternary nitrogens is 1. The summed E-state index contributed by atoms with van der Waals surface area (Å²) in [6.07, 6.45) is 0.717. The summed E-state index contributed by atoms with van der Waals surface area (Å²) in [5, 5.41) is 2.94. The van der Waals surface area contributed by atoms with E-state index in [2.05, 4.69) is 19.2 Å². The van der Waals surface area contributed by atoms with Crippen molar-refractivity contribution in [3.8, 4) is 0 Å². The van der Waals surface area contributed by atoms with E-state index in [1.165, 1.54) is 4.90 Å². The van der Waals surface area contributed by atoms with Gasteiger partial charge in [-0.1, -0.05) is 37.3 Å². The molecule has 1 atom stereocenters. The van der Waals surface area contributed by atoms with Crippen LogP contribution in [0.25, 0.3) is 0 Å². The molecule has 5 nitrogen and oxygen atoms in total. The summed E-state index contributed by atoms with van der Waals surface area (Å²) < 4.78 is 5.35. The molecule has 0 aliphatic carbocycles. The van der Waals surface area contributed by atoms with Gasteiger partial charge in [0, 0.05) is 5.69 Å². The van der Waals surface area contributed by atoms with Gasteiger partial charge in [-0.25, -0.2) is 4.79 Å². The zero-order valence-electron chi connectivity index (χ0n) is 17.0. The number of amides is 1. The molecule has 1 amide bonds. The Morgan fingerprint density at radius 3 is 2.18 bits per heavy atom. The molecule has 0 aliphatic heterocycles. The Hall–Kier alpha value is -2.66. The fraction of sp³-hybridized carbons (Fsp3) is 0.391. The zero-order valence-corrected chi connectivity index (χ0v) is 17.0. The summed E-state index contributed by atoms with van der Waals surface area (Å²) in [7, 11) is 0. The highest BCUT2D eigenvalue weighted by molar-refractivity contribution is 5.96. The maximum absolute atomic E-state index is 12.6. The number of rotatable bonds is 10. The van der Waals surface area contributed by atoms with E-state index in [0.717, 1.165) is 31.6 Å². The van der Waals surface area contributed by atoms with Crippen molar-refractivity contribution in [3.63, 3.8) is 0 Å². The van der Waals surface area contributed by atoms with Crippen LogP contribution in [0.1, 0.15) is 49.0 Å². The molecule has 0 fully saturated rings. The first-order chi connectivity index (χ1) is 13.6. The molecule has 0 bridgehead atoms. The van der Waals surface area contributed by atoms with Gasteiger partial charge in [0.2, 0.25) is 5.91 Å². The van der Waals surface area contributed by atoms with Crippen LogP contribution in [0.15, 0.2) is 54.6 Å². The van der Waals surface area contributed by atoms with Gasteiger partial charge in [0.15, 0.2) is 0 Å². The Bertz CT molecular complexity index is 740. The average molecular weight is 384 g/mol. The second-order valence-electron chi connectivity index (χ2n) is 6.78. The molecule has 0 saturated heterocycles. The van der Waals surface area contributed by atoms with E-state index in [9.17, 15) is 9.59 Å². The largest absolute Gasteiger partial charge is 0.456 e. The molecule has 150 valence electrons. The van der Waals surface area contributed by atoms with Crippen molar-refractivity contribution in [1.29, 1.82) is 0 Å². The minimum absolute atomic E-state index is 0.0498. The Labute approximate surface area is 167 Å². The number of carbonyl (C=O) groups is 2. The summed E-state index contributed by atoms with van der Waals surface area (Å²) >= 11 is 0.